The largest absolute Gasteiger partial charge is 0.369 e. The molecule has 0 spiro atoms. The van der Waals surface area contributed by atoms with Crippen molar-refractivity contribution in [2.45, 2.75) is 44.9 Å². The van der Waals surface area contributed by atoms with E-state index in [0.717, 1.165) is 12.8 Å². The molecule has 0 unspecified atom stereocenters. The number of hydrogen-bond acceptors (Lipinski definition) is 1. The minimum atomic E-state index is -0.0712. The maximum atomic E-state index is 11.4. The first-order chi connectivity index (χ1) is 5.76. The average Bonchev–Trinajstić information content (AvgIpc) is 2.48. The summed E-state index contributed by atoms with van der Waals surface area (Å²) in [6.45, 7) is 0. The van der Waals surface area contributed by atoms with Gasteiger partial charge in [-0.05, 0) is 31.6 Å². The third-order valence-corrected chi connectivity index (χ3v) is 3.87. The van der Waals surface area contributed by atoms with Gasteiger partial charge in [-0.1, -0.05) is 19.3 Å². The summed E-state index contributed by atoms with van der Waals surface area (Å²) in [6.07, 6.45) is 8.33. The Bertz CT molecular complexity index is 202. The molecule has 0 aromatic heterocycles. The molecule has 0 radical (unpaired) electrons. The van der Waals surface area contributed by atoms with Gasteiger partial charge in [0.1, 0.15) is 0 Å². The molecule has 12 heavy (non-hydrogen) atoms. The van der Waals surface area contributed by atoms with Crippen LogP contribution >= 0.6 is 0 Å². The molecule has 2 aliphatic carbocycles. The molecule has 1 amide bonds. The SMILES string of the molecule is NC(=O)[C@@]12CCCC[C@@H]1CCC2. The monoisotopic (exact) mass is 167 g/mol. The van der Waals surface area contributed by atoms with Gasteiger partial charge >= 0.3 is 0 Å². The van der Waals surface area contributed by atoms with E-state index in [-0.39, 0.29) is 11.3 Å². The Morgan fingerprint density at radius 2 is 1.83 bits per heavy atom. The first kappa shape index (κ1) is 8.09. The van der Waals surface area contributed by atoms with Crippen molar-refractivity contribution in [2.75, 3.05) is 0 Å². The van der Waals surface area contributed by atoms with Crippen molar-refractivity contribution in [3.05, 3.63) is 0 Å². The lowest BCUT2D eigenvalue weighted by molar-refractivity contribution is -0.131. The zero-order valence-electron chi connectivity index (χ0n) is 7.51. The quantitative estimate of drug-likeness (QED) is 0.636. The Balaban J connectivity index is 2.23. The lowest BCUT2D eigenvalue weighted by Gasteiger charge is -2.36. The average molecular weight is 167 g/mol. The lowest BCUT2D eigenvalue weighted by atomic mass is 9.68. The van der Waals surface area contributed by atoms with Gasteiger partial charge < -0.3 is 5.73 Å². The summed E-state index contributed by atoms with van der Waals surface area (Å²) in [4.78, 5) is 11.4. The molecule has 2 rings (SSSR count). The van der Waals surface area contributed by atoms with E-state index < -0.39 is 0 Å². The Hall–Kier alpha value is -0.530. The summed E-state index contributed by atoms with van der Waals surface area (Å²) in [7, 11) is 0. The van der Waals surface area contributed by atoms with Gasteiger partial charge in [0.15, 0.2) is 0 Å². The lowest BCUT2D eigenvalue weighted by Crippen LogP contribution is -2.41. The van der Waals surface area contributed by atoms with Crippen LogP contribution in [0.2, 0.25) is 0 Å². The van der Waals surface area contributed by atoms with Crippen LogP contribution in [-0.2, 0) is 4.79 Å². The van der Waals surface area contributed by atoms with Crippen molar-refractivity contribution < 1.29 is 4.79 Å². The molecule has 2 atom stereocenters. The van der Waals surface area contributed by atoms with Gasteiger partial charge in [0.2, 0.25) is 5.91 Å². The highest BCUT2D eigenvalue weighted by Gasteiger charge is 2.48. The minimum Gasteiger partial charge on any atom is -0.369 e. The van der Waals surface area contributed by atoms with Crippen molar-refractivity contribution in [1.82, 2.24) is 0 Å². The molecule has 0 aromatic carbocycles. The molecule has 0 aromatic rings. The van der Waals surface area contributed by atoms with Gasteiger partial charge in [-0.3, -0.25) is 4.79 Å². The maximum absolute atomic E-state index is 11.4. The van der Waals surface area contributed by atoms with Crippen molar-refractivity contribution in [3.63, 3.8) is 0 Å². The van der Waals surface area contributed by atoms with Gasteiger partial charge in [-0.15, -0.1) is 0 Å². The summed E-state index contributed by atoms with van der Waals surface area (Å²) < 4.78 is 0. The highest BCUT2D eigenvalue weighted by Crippen LogP contribution is 2.51. The van der Waals surface area contributed by atoms with E-state index in [2.05, 4.69) is 0 Å². The highest BCUT2D eigenvalue weighted by molar-refractivity contribution is 5.81. The summed E-state index contributed by atoms with van der Waals surface area (Å²) in [5.74, 6) is 0.605. The Kier molecular flexibility index (Phi) is 1.85. The van der Waals surface area contributed by atoms with E-state index in [0.29, 0.717) is 5.92 Å². The fourth-order valence-electron chi connectivity index (χ4n) is 3.17. The number of amides is 1. The van der Waals surface area contributed by atoms with Crippen molar-refractivity contribution in [3.8, 4) is 0 Å². The Labute approximate surface area is 73.5 Å². The Morgan fingerprint density at radius 3 is 2.50 bits per heavy atom. The van der Waals surface area contributed by atoms with Crippen LogP contribution in [0.15, 0.2) is 0 Å². The second-order valence-corrected chi connectivity index (χ2v) is 4.36. The molecule has 0 bridgehead atoms. The number of fused-ring (bicyclic) bond motifs is 1. The van der Waals surface area contributed by atoms with Crippen LogP contribution in [0.4, 0.5) is 0 Å². The van der Waals surface area contributed by atoms with Gasteiger partial charge in [-0.2, -0.15) is 0 Å². The minimum absolute atomic E-state index is 0.0234. The van der Waals surface area contributed by atoms with E-state index in [1.54, 1.807) is 0 Å². The number of nitrogens with two attached hydrogens (primary N) is 1. The second kappa shape index (κ2) is 2.75. The standard InChI is InChI=1S/C10H17NO/c11-9(12)10-6-2-1-4-8(10)5-3-7-10/h8H,1-7H2,(H2,11,12)/t8-,10-/m1/s1. The van der Waals surface area contributed by atoms with E-state index >= 15 is 0 Å². The highest BCUT2D eigenvalue weighted by atomic mass is 16.1. The number of carbonyl (C=O) groups is 1. The topological polar surface area (TPSA) is 43.1 Å². The molecule has 2 nitrogen and oxygen atoms in total. The smallest absolute Gasteiger partial charge is 0.223 e. The van der Waals surface area contributed by atoms with Crippen LogP contribution in [0.5, 0.6) is 0 Å². The first-order valence-electron chi connectivity index (χ1n) is 5.06. The van der Waals surface area contributed by atoms with Crippen LogP contribution in [0.25, 0.3) is 0 Å². The fourth-order valence-corrected chi connectivity index (χ4v) is 3.17. The summed E-state index contributed by atoms with van der Waals surface area (Å²) >= 11 is 0. The molecule has 2 N–H and O–H groups in total. The predicted molar refractivity (Wildman–Crippen MR) is 47.4 cm³/mol. The third kappa shape index (κ3) is 0.970. The molecule has 2 fully saturated rings. The Morgan fingerprint density at radius 1 is 1.17 bits per heavy atom. The molecule has 0 aliphatic heterocycles. The normalized spacial score (nSPS) is 40.8. The van der Waals surface area contributed by atoms with E-state index in [9.17, 15) is 4.79 Å². The van der Waals surface area contributed by atoms with Crippen molar-refractivity contribution >= 4 is 5.91 Å². The van der Waals surface area contributed by atoms with Gasteiger partial charge in [0.25, 0.3) is 0 Å². The van der Waals surface area contributed by atoms with E-state index in [1.165, 1.54) is 32.1 Å². The van der Waals surface area contributed by atoms with Crippen molar-refractivity contribution in [2.24, 2.45) is 17.1 Å². The molecule has 2 heteroatoms. The zero-order valence-corrected chi connectivity index (χ0v) is 7.51. The number of rotatable bonds is 1. The molecular weight excluding hydrogens is 150 g/mol. The molecule has 0 heterocycles. The molecular formula is C10H17NO. The molecule has 2 aliphatic rings. The van der Waals surface area contributed by atoms with Crippen LogP contribution < -0.4 is 5.73 Å². The third-order valence-electron chi connectivity index (χ3n) is 3.87. The number of primary amides is 1. The van der Waals surface area contributed by atoms with Crippen LogP contribution in [0.3, 0.4) is 0 Å². The zero-order chi connectivity index (χ0) is 8.60. The summed E-state index contributed by atoms with van der Waals surface area (Å²) in [5.41, 5.74) is 5.43. The van der Waals surface area contributed by atoms with Crippen LogP contribution in [-0.4, -0.2) is 5.91 Å². The van der Waals surface area contributed by atoms with Gasteiger partial charge in [0, 0.05) is 0 Å². The first-order valence-corrected chi connectivity index (χ1v) is 5.06. The fraction of sp³-hybridized carbons (Fsp3) is 0.900. The van der Waals surface area contributed by atoms with Gasteiger partial charge in [-0.25, -0.2) is 0 Å². The maximum Gasteiger partial charge on any atom is 0.223 e. The molecule has 68 valence electrons. The van der Waals surface area contributed by atoms with E-state index in [1.807, 2.05) is 0 Å². The predicted octanol–water partition coefficient (Wildman–Crippen LogP) is 1.83. The van der Waals surface area contributed by atoms with Crippen molar-refractivity contribution in [1.29, 1.82) is 0 Å². The van der Waals surface area contributed by atoms with Crippen LogP contribution in [0.1, 0.15) is 44.9 Å². The summed E-state index contributed by atoms with van der Waals surface area (Å²) in [5, 5.41) is 0. The number of carbonyl (C=O) groups excluding carboxylic acids is 1. The molecule has 0 saturated heterocycles. The molecule has 2 saturated carbocycles. The van der Waals surface area contributed by atoms with Gasteiger partial charge in [0.05, 0.1) is 5.41 Å². The summed E-state index contributed by atoms with van der Waals surface area (Å²) in [6, 6.07) is 0. The van der Waals surface area contributed by atoms with Crippen LogP contribution in [0, 0.1) is 11.3 Å². The second-order valence-electron chi connectivity index (χ2n) is 4.36. The number of hydrogen-bond donors (Lipinski definition) is 1. The van der Waals surface area contributed by atoms with E-state index in [4.69, 9.17) is 5.73 Å².